The van der Waals surface area contributed by atoms with Crippen LogP contribution in [-0.4, -0.2) is 24.9 Å². The van der Waals surface area contributed by atoms with Gasteiger partial charge in [-0.15, -0.1) is 0 Å². The van der Waals surface area contributed by atoms with Gasteiger partial charge in [-0.2, -0.15) is 0 Å². The quantitative estimate of drug-likeness (QED) is 0.776. The Morgan fingerprint density at radius 1 is 1.27 bits per heavy atom. The van der Waals surface area contributed by atoms with Crippen LogP contribution in [0, 0.1) is 0 Å². The number of hydrogen-bond donors (Lipinski definition) is 2. The summed E-state index contributed by atoms with van der Waals surface area (Å²) in [5, 5.41) is 12.2. The predicted octanol–water partition coefficient (Wildman–Crippen LogP) is 1.73. The molecular formula is C12H19NO2. The minimum atomic E-state index is -0.430. The molecule has 0 aromatic heterocycles. The average molecular weight is 209 g/mol. The van der Waals surface area contributed by atoms with Crippen molar-refractivity contribution in [2.75, 3.05) is 13.7 Å². The highest BCUT2D eigenvalue weighted by Crippen LogP contribution is 2.17. The van der Waals surface area contributed by atoms with Gasteiger partial charge in [0, 0.05) is 6.04 Å². The smallest absolute Gasteiger partial charge is 0.119 e. The van der Waals surface area contributed by atoms with E-state index in [4.69, 9.17) is 9.84 Å². The molecule has 2 unspecified atom stereocenters. The molecule has 84 valence electrons. The molecular weight excluding hydrogens is 190 g/mol. The lowest BCUT2D eigenvalue weighted by molar-refractivity contribution is 0.122. The molecule has 0 fully saturated rings. The Bertz CT molecular complexity index is 282. The van der Waals surface area contributed by atoms with E-state index in [1.807, 2.05) is 31.3 Å². The third-order valence-corrected chi connectivity index (χ3v) is 2.30. The number of rotatable bonds is 5. The van der Waals surface area contributed by atoms with E-state index in [1.165, 1.54) is 5.56 Å². The molecule has 1 aromatic rings. The molecule has 2 atom stereocenters. The normalized spacial score (nSPS) is 14.7. The van der Waals surface area contributed by atoms with Gasteiger partial charge >= 0.3 is 0 Å². The standard InChI is InChI=1S/C12H19NO2/c1-9(14)8-15-12-6-4-11(5-7-12)10(2)13-3/h4-7,9-10,13-14H,8H2,1-3H3. The monoisotopic (exact) mass is 209 g/mol. The van der Waals surface area contributed by atoms with Crippen molar-refractivity contribution in [2.45, 2.75) is 26.0 Å². The SMILES string of the molecule is CNC(C)c1ccc(OCC(C)O)cc1. The Balaban J connectivity index is 2.56. The summed E-state index contributed by atoms with van der Waals surface area (Å²) in [6.07, 6.45) is -0.430. The summed E-state index contributed by atoms with van der Waals surface area (Å²) in [4.78, 5) is 0. The van der Waals surface area contributed by atoms with Gasteiger partial charge in [-0.05, 0) is 38.6 Å². The van der Waals surface area contributed by atoms with Crippen molar-refractivity contribution in [3.63, 3.8) is 0 Å². The summed E-state index contributed by atoms with van der Waals surface area (Å²) in [6.45, 7) is 4.14. The fourth-order valence-corrected chi connectivity index (χ4v) is 1.24. The summed E-state index contributed by atoms with van der Waals surface area (Å²) in [7, 11) is 1.93. The molecule has 0 bridgehead atoms. The van der Waals surface area contributed by atoms with Gasteiger partial charge in [0.1, 0.15) is 12.4 Å². The van der Waals surface area contributed by atoms with E-state index < -0.39 is 6.10 Å². The van der Waals surface area contributed by atoms with Gasteiger partial charge in [0.05, 0.1) is 6.10 Å². The van der Waals surface area contributed by atoms with Gasteiger partial charge in [0.25, 0.3) is 0 Å². The highest BCUT2D eigenvalue weighted by Gasteiger charge is 2.02. The molecule has 0 saturated heterocycles. The van der Waals surface area contributed by atoms with Gasteiger partial charge in [-0.3, -0.25) is 0 Å². The lowest BCUT2D eigenvalue weighted by Gasteiger charge is -2.12. The first kappa shape index (κ1) is 12.0. The van der Waals surface area contributed by atoms with Gasteiger partial charge in [0.2, 0.25) is 0 Å². The molecule has 0 aliphatic rings. The third-order valence-electron chi connectivity index (χ3n) is 2.30. The molecule has 0 radical (unpaired) electrons. The van der Waals surface area contributed by atoms with Crippen LogP contribution >= 0.6 is 0 Å². The molecule has 0 saturated carbocycles. The fourth-order valence-electron chi connectivity index (χ4n) is 1.24. The second kappa shape index (κ2) is 5.73. The topological polar surface area (TPSA) is 41.5 Å². The van der Waals surface area contributed by atoms with Crippen molar-refractivity contribution in [3.05, 3.63) is 29.8 Å². The first-order valence-electron chi connectivity index (χ1n) is 5.21. The van der Waals surface area contributed by atoms with E-state index in [-0.39, 0.29) is 0 Å². The summed E-state index contributed by atoms with van der Waals surface area (Å²) in [5.41, 5.74) is 1.22. The molecule has 0 amide bonds. The molecule has 2 N–H and O–H groups in total. The molecule has 0 heterocycles. The maximum absolute atomic E-state index is 9.06. The molecule has 1 aromatic carbocycles. The molecule has 0 aliphatic heterocycles. The second-order valence-electron chi connectivity index (χ2n) is 3.74. The zero-order chi connectivity index (χ0) is 11.3. The maximum Gasteiger partial charge on any atom is 0.119 e. The van der Waals surface area contributed by atoms with Crippen LogP contribution in [0.3, 0.4) is 0 Å². The van der Waals surface area contributed by atoms with Gasteiger partial charge in [-0.1, -0.05) is 12.1 Å². The van der Waals surface area contributed by atoms with Gasteiger partial charge < -0.3 is 15.2 Å². The van der Waals surface area contributed by atoms with E-state index >= 15 is 0 Å². The minimum Gasteiger partial charge on any atom is -0.491 e. The Labute approximate surface area is 91.1 Å². The van der Waals surface area contributed by atoms with Crippen molar-refractivity contribution in [3.8, 4) is 5.75 Å². The van der Waals surface area contributed by atoms with E-state index in [1.54, 1.807) is 6.92 Å². The van der Waals surface area contributed by atoms with Gasteiger partial charge in [0.15, 0.2) is 0 Å². The zero-order valence-electron chi connectivity index (χ0n) is 9.53. The van der Waals surface area contributed by atoms with Crippen LogP contribution in [0.2, 0.25) is 0 Å². The number of aliphatic hydroxyl groups excluding tert-OH is 1. The van der Waals surface area contributed by atoms with Crippen LogP contribution in [0.5, 0.6) is 5.75 Å². The van der Waals surface area contributed by atoms with E-state index in [2.05, 4.69) is 12.2 Å². The van der Waals surface area contributed by atoms with E-state index in [9.17, 15) is 0 Å². The Kier molecular flexibility index (Phi) is 4.59. The number of aliphatic hydroxyl groups is 1. The molecule has 3 heteroatoms. The maximum atomic E-state index is 9.06. The van der Waals surface area contributed by atoms with Crippen LogP contribution < -0.4 is 10.1 Å². The lowest BCUT2D eigenvalue weighted by Crippen LogP contribution is -2.13. The van der Waals surface area contributed by atoms with Crippen molar-refractivity contribution in [1.29, 1.82) is 0 Å². The first-order chi connectivity index (χ1) is 7.13. The first-order valence-corrected chi connectivity index (χ1v) is 5.21. The fraction of sp³-hybridized carbons (Fsp3) is 0.500. The molecule has 0 spiro atoms. The number of benzene rings is 1. The van der Waals surface area contributed by atoms with E-state index in [0.29, 0.717) is 12.6 Å². The highest BCUT2D eigenvalue weighted by atomic mass is 16.5. The van der Waals surface area contributed by atoms with Crippen molar-refractivity contribution in [2.24, 2.45) is 0 Å². The number of ether oxygens (including phenoxy) is 1. The lowest BCUT2D eigenvalue weighted by atomic mass is 10.1. The Morgan fingerprint density at radius 2 is 1.87 bits per heavy atom. The van der Waals surface area contributed by atoms with Crippen LogP contribution in [0.1, 0.15) is 25.5 Å². The Morgan fingerprint density at radius 3 is 2.33 bits per heavy atom. The van der Waals surface area contributed by atoms with Crippen molar-refractivity contribution >= 4 is 0 Å². The number of nitrogens with one attached hydrogen (secondary N) is 1. The summed E-state index contributed by atoms with van der Waals surface area (Å²) < 4.78 is 5.37. The van der Waals surface area contributed by atoms with Crippen molar-refractivity contribution < 1.29 is 9.84 Å². The van der Waals surface area contributed by atoms with E-state index in [0.717, 1.165) is 5.75 Å². The third kappa shape index (κ3) is 3.90. The molecule has 1 rings (SSSR count). The highest BCUT2D eigenvalue weighted by molar-refractivity contribution is 5.28. The van der Waals surface area contributed by atoms with Crippen LogP contribution in [0.25, 0.3) is 0 Å². The largest absolute Gasteiger partial charge is 0.491 e. The molecule has 0 aliphatic carbocycles. The molecule has 15 heavy (non-hydrogen) atoms. The number of hydrogen-bond acceptors (Lipinski definition) is 3. The van der Waals surface area contributed by atoms with Crippen LogP contribution in [0.15, 0.2) is 24.3 Å². The summed E-state index contributed by atoms with van der Waals surface area (Å²) >= 11 is 0. The minimum absolute atomic E-state index is 0.334. The average Bonchev–Trinajstić information content (AvgIpc) is 2.26. The molecule has 3 nitrogen and oxygen atoms in total. The predicted molar refractivity (Wildman–Crippen MR) is 61.1 cm³/mol. The van der Waals surface area contributed by atoms with Gasteiger partial charge in [-0.25, -0.2) is 0 Å². The van der Waals surface area contributed by atoms with Crippen LogP contribution in [-0.2, 0) is 0 Å². The van der Waals surface area contributed by atoms with Crippen LogP contribution in [0.4, 0.5) is 0 Å². The summed E-state index contributed by atoms with van der Waals surface area (Å²) in [5.74, 6) is 0.794. The zero-order valence-corrected chi connectivity index (χ0v) is 9.53. The second-order valence-corrected chi connectivity index (χ2v) is 3.74. The van der Waals surface area contributed by atoms with Crippen molar-refractivity contribution in [1.82, 2.24) is 5.32 Å². The Hall–Kier alpha value is -1.06. The summed E-state index contributed by atoms with van der Waals surface area (Å²) in [6, 6.07) is 8.24.